The quantitative estimate of drug-likeness (QED) is 0.150. The number of rotatable bonds is 12. The molecule has 0 saturated heterocycles. The topological polar surface area (TPSA) is 61.8 Å². The van der Waals surface area contributed by atoms with Crippen LogP contribution in [0.4, 0.5) is 0 Å². The van der Waals surface area contributed by atoms with Crippen molar-refractivity contribution in [1.29, 1.82) is 0 Å². The molecular weight excluding hydrogens is 380 g/mol. The van der Waals surface area contributed by atoms with Crippen LogP contribution in [0.1, 0.15) is 48.5 Å². The normalized spacial score (nSPS) is 10.6. The highest BCUT2D eigenvalue weighted by molar-refractivity contribution is 5.91. The average Bonchev–Trinajstić information content (AvgIpc) is 2.77. The molecule has 0 bridgehead atoms. The van der Waals surface area contributed by atoms with Crippen LogP contribution in [-0.4, -0.2) is 25.2 Å². The Hall–Kier alpha value is -3.34. The highest BCUT2D eigenvalue weighted by Gasteiger charge is 2.09. The van der Waals surface area contributed by atoms with Crippen molar-refractivity contribution < 1.29 is 23.8 Å². The van der Waals surface area contributed by atoms with Crippen molar-refractivity contribution >= 4 is 18.0 Å². The summed E-state index contributed by atoms with van der Waals surface area (Å²) in [6.07, 6.45) is 8.61. The van der Waals surface area contributed by atoms with Gasteiger partial charge in [-0.3, -0.25) is 0 Å². The van der Waals surface area contributed by atoms with E-state index in [-0.39, 0.29) is 0 Å². The first-order valence-corrected chi connectivity index (χ1v) is 10.1. The Kier molecular flexibility index (Phi) is 9.93. The second kappa shape index (κ2) is 13.0. The van der Waals surface area contributed by atoms with Crippen molar-refractivity contribution in [3.05, 3.63) is 78.4 Å². The van der Waals surface area contributed by atoms with Gasteiger partial charge in [0, 0.05) is 6.08 Å². The SMILES string of the molecule is C=CCCOC(=O)C=Cc1ccc(OC(=O)c2ccc(OCCCCC)cc2)cc1. The molecule has 0 aliphatic heterocycles. The van der Waals surface area contributed by atoms with Crippen LogP contribution in [0.25, 0.3) is 6.08 Å². The van der Waals surface area contributed by atoms with E-state index >= 15 is 0 Å². The lowest BCUT2D eigenvalue weighted by Crippen LogP contribution is -2.08. The largest absolute Gasteiger partial charge is 0.494 e. The molecular formula is C25H28O5. The van der Waals surface area contributed by atoms with Gasteiger partial charge in [0.15, 0.2) is 0 Å². The smallest absolute Gasteiger partial charge is 0.343 e. The van der Waals surface area contributed by atoms with Gasteiger partial charge in [-0.05, 0) is 60.9 Å². The minimum absolute atomic E-state index is 0.313. The molecule has 158 valence electrons. The Morgan fingerprint density at radius 3 is 2.30 bits per heavy atom. The van der Waals surface area contributed by atoms with Crippen molar-refractivity contribution in [3.8, 4) is 11.5 Å². The van der Waals surface area contributed by atoms with Crippen molar-refractivity contribution in [2.45, 2.75) is 32.6 Å². The molecule has 0 amide bonds. The van der Waals surface area contributed by atoms with Gasteiger partial charge in [-0.25, -0.2) is 9.59 Å². The first-order chi connectivity index (χ1) is 14.6. The molecule has 2 aromatic carbocycles. The molecule has 0 atom stereocenters. The van der Waals surface area contributed by atoms with Gasteiger partial charge in [0.05, 0.1) is 18.8 Å². The summed E-state index contributed by atoms with van der Waals surface area (Å²) in [6.45, 7) is 6.70. The molecule has 0 aliphatic carbocycles. The maximum atomic E-state index is 12.3. The zero-order valence-corrected chi connectivity index (χ0v) is 17.3. The molecule has 0 N–H and O–H groups in total. The molecule has 0 saturated carbocycles. The second-order valence-corrected chi connectivity index (χ2v) is 6.62. The molecule has 2 rings (SSSR count). The lowest BCUT2D eigenvalue weighted by Gasteiger charge is -2.07. The molecule has 0 radical (unpaired) electrons. The van der Waals surface area contributed by atoms with Gasteiger partial charge >= 0.3 is 11.9 Å². The summed E-state index contributed by atoms with van der Waals surface area (Å²) in [5, 5.41) is 0. The monoisotopic (exact) mass is 408 g/mol. The van der Waals surface area contributed by atoms with E-state index < -0.39 is 11.9 Å². The first kappa shape index (κ1) is 22.9. The zero-order chi connectivity index (χ0) is 21.6. The average molecular weight is 408 g/mol. The van der Waals surface area contributed by atoms with Crippen LogP contribution >= 0.6 is 0 Å². The first-order valence-electron chi connectivity index (χ1n) is 10.1. The standard InChI is InChI=1S/C25H28O5/c1-3-5-7-19-28-22-15-11-21(12-16-22)25(27)30-23-13-8-20(9-14-23)10-17-24(26)29-18-6-4-2/h4,8-17H,2-3,5-7,18-19H2,1H3. The Morgan fingerprint density at radius 2 is 1.63 bits per heavy atom. The zero-order valence-electron chi connectivity index (χ0n) is 17.3. The summed E-state index contributed by atoms with van der Waals surface area (Å²) in [5.41, 5.74) is 1.24. The van der Waals surface area contributed by atoms with Crippen molar-refractivity contribution in [2.24, 2.45) is 0 Å². The number of esters is 2. The fourth-order valence-electron chi connectivity index (χ4n) is 2.50. The highest BCUT2D eigenvalue weighted by atomic mass is 16.5. The van der Waals surface area contributed by atoms with E-state index in [2.05, 4.69) is 13.5 Å². The Bertz CT molecular complexity index is 835. The predicted octanol–water partition coefficient (Wildman–Crippen LogP) is 5.61. The fourth-order valence-corrected chi connectivity index (χ4v) is 2.50. The molecule has 2 aromatic rings. The molecule has 5 heteroatoms. The molecule has 0 aromatic heterocycles. The molecule has 0 fully saturated rings. The van der Waals surface area contributed by atoms with Crippen molar-refractivity contribution in [3.63, 3.8) is 0 Å². The van der Waals surface area contributed by atoms with E-state index in [1.54, 1.807) is 60.7 Å². The van der Waals surface area contributed by atoms with Crippen LogP contribution in [0.3, 0.4) is 0 Å². The second-order valence-electron chi connectivity index (χ2n) is 6.62. The van der Waals surface area contributed by atoms with Crippen LogP contribution in [0.2, 0.25) is 0 Å². The van der Waals surface area contributed by atoms with Gasteiger partial charge < -0.3 is 14.2 Å². The predicted molar refractivity (Wildman–Crippen MR) is 118 cm³/mol. The number of hydrogen-bond donors (Lipinski definition) is 0. The summed E-state index contributed by atoms with van der Waals surface area (Å²) in [5.74, 6) is 0.305. The highest BCUT2D eigenvalue weighted by Crippen LogP contribution is 2.17. The summed E-state index contributed by atoms with van der Waals surface area (Å²) in [4.78, 5) is 23.9. The van der Waals surface area contributed by atoms with Gasteiger partial charge in [0.1, 0.15) is 11.5 Å². The summed E-state index contributed by atoms with van der Waals surface area (Å²) >= 11 is 0. The summed E-state index contributed by atoms with van der Waals surface area (Å²) < 4.78 is 16.0. The summed E-state index contributed by atoms with van der Waals surface area (Å²) in [6, 6.07) is 13.8. The third-order valence-corrected chi connectivity index (χ3v) is 4.18. The van der Waals surface area contributed by atoms with Crippen LogP contribution in [-0.2, 0) is 9.53 Å². The number of carbonyl (C=O) groups is 2. The van der Waals surface area contributed by atoms with Gasteiger partial charge in [0.25, 0.3) is 0 Å². The molecule has 0 heterocycles. The van der Waals surface area contributed by atoms with E-state index in [0.717, 1.165) is 30.6 Å². The van der Waals surface area contributed by atoms with E-state index in [1.807, 2.05) is 0 Å². The minimum Gasteiger partial charge on any atom is -0.494 e. The number of benzene rings is 2. The maximum Gasteiger partial charge on any atom is 0.343 e. The van der Waals surface area contributed by atoms with Gasteiger partial charge in [-0.1, -0.05) is 38.0 Å². The number of ether oxygens (including phenoxy) is 3. The minimum atomic E-state index is -0.443. The number of unbranched alkanes of at least 4 members (excludes halogenated alkanes) is 2. The lowest BCUT2D eigenvalue weighted by atomic mass is 10.2. The van der Waals surface area contributed by atoms with E-state index in [4.69, 9.17) is 14.2 Å². The third-order valence-electron chi connectivity index (χ3n) is 4.18. The van der Waals surface area contributed by atoms with Gasteiger partial charge in [-0.2, -0.15) is 0 Å². The molecule has 0 aliphatic rings. The van der Waals surface area contributed by atoms with Crippen LogP contribution < -0.4 is 9.47 Å². The van der Waals surface area contributed by atoms with E-state index in [0.29, 0.717) is 30.9 Å². The molecule has 0 unspecified atom stereocenters. The maximum absolute atomic E-state index is 12.3. The molecule has 5 nitrogen and oxygen atoms in total. The van der Waals surface area contributed by atoms with Crippen LogP contribution in [0, 0.1) is 0 Å². The van der Waals surface area contributed by atoms with Crippen LogP contribution in [0.15, 0.2) is 67.3 Å². The lowest BCUT2D eigenvalue weighted by molar-refractivity contribution is -0.137. The Balaban J connectivity index is 1.83. The molecule has 30 heavy (non-hydrogen) atoms. The van der Waals surface area contributed by atoms with E-state index in [9.17, 15) is 9.59 Å². The summed E-state index contributed by atoms with van der Waals surface area (Å²) in [7, 11) is 0. The van der Waals surface area contributed by atoms with E-state index in [1.165, 1.54) is 6.08 Å². The Labute approximate surface area is 178 Å². The number of hydrogen-bond acceptors (Lipinski definition) is 5. The van der Waals surface area contributed by atoms with Crippen molar-refractivity contribution in [2.75, 3.05) is 13.2 Å². The van der Waals surface area contributed by atoms with Gasteiger partial charge in [-0.15, -0.1) is 6.58 Å². The van der Waals surface area contributed by atoms with Gasteiger partial charge in [0.2, 0.25) is 0 Å². The Morgan fingerprint density at radius 1 is 0.933 bits per heavy atom. The van der Waals surface area contributed by atoms with Crippen molar-refractivity contribution in [1.82, 2.24) is 0 Å². The third kappa shape index (κ3) is 8.35. The molecule has 0 spiro atoms. The van der Waals surface area contributed by atoms with Crippen LogP contribution in [0.5, 0.6) is 11.5 Å². The number of carbonyl (C=O) groups excluding carboxylic acids is 2. The fraction of sp³-hybridized carbons (Fsp3) is 0.280.